The van der Waals surface area contributed by atoms with Crippen molar-refractivity contribution >= 4 is 15.9 Å². The lowest BCUT2D eigenvalue weighted by molar-refractivity contribution is 0.0828. The van der Waals surface area contributed by atoms with Crippen LogP contribution in [0.25, 0.3) is 0 Å². The van der Waals surface area contributed by atoms with Crippen molar-refractivity contribution in [2.75, 3.05) is 13.2 Å². The number of aliphatic hydroxyl groups is 1. The molecule has 3 rings (SSSR count). The maximum atomic E-state index is 9.49. The van der Waals surface area contributed by atoms with Crippen LogP contribution in [0.5, 0.6) is 0 Å². The molecule has 1 aromatic heterocycles. The van der Waals surface area contributed by atoms with E-state index >= 15 is 0 Å². The van der Waals surface area contributed by atoms with Crippen LogP contribution in [0.4, 0.5) is 0 Å². The lowest BCUT2D eigenvalue weighted by Crippen LogP contribution is -2.43. The maximum absolute atomic E-state index is 9.49. The predicted octanol–water partition coefficient (Wildman–Crippen LogP) is 2.59. The highest BCUT2D eigenvalue weighted by Gasteiger charge is 2.34. The third kappa shape index (κ3) is 2.88. The molecule has 5 heteroatoms. The van der Waals surface area contributed by atoms with Gasteiger partial charge in [0.25, 0.3) is 0 Å². The number of likely N-dealkylation sites (tertiary alicyclic amines) is 1. The quantitative estimate of drug-likeness (QED) is 0.927. The Morgan fingerprint density at radius 2 is 2.11 bits per heavy atom. The molecular weight excluding hydrogens is 306 g/mol. The monoisotopic (exact) mass is 327 g/mol. The van der Waals surface area contributed by atoms with Crippen molar-refractivity contribution in [2.45, 2.75) is 56.7 Å². The number of aliphatic hydroxyl groups excluding tert-OH is 1. The van der Waals surface area contributed by atoms with Gasteiger partial charge < -0.3 is 5.11 Å². The summed E-state index contributed by atoms with van der Waals surface area (Å²) >= 11 is 3.47. The van der Waals surface area contributed by atoms with Gasteiger partial charge in [-0.1, -0.05) is 0 Å². The molecule has 0 amide bonds. The van der Waals surface area contributed by atoms with Crippen LogP contribution in [0.15, 0.2) is 16.9 Å². The van der Waals surface area contributed by atoms with E-state index in [9.17, 15) is 5.11 Å². The lowest BCUT2D eigenvalue weighted by Gasteiger charge is -2.38. The van der Waals surface area contributed by atoms with Gasteiger partial charge in [0.2, 0.25) is 0 Å². The molecule has 0 aromatic carbocycles. The van der Waals surface area contributed by atoms with Gasteiger partial charge in [-0.2, -0.15) is 5.10 Å². The molecule has 1 saturated carbocycles. The third-order valence-electron chi connectivity index (χ3n) is 4.67. The average molecular weight is 328 g/mol. The summed E-state index contributed by atoms with van der Waals surface area (Å²) in [4.78, 5) is 2.55. The first kappa shape index (κ1) is 13.6. The predicted molar refractivity (Wildman–Crippen MR) is 78.0 cm³/mol. The molecule has 0 radical (unpaired) electrons. The van der Waals surface area contributed by atoms with Crippen molar-refractivity contribution in [3.63, 3.8) is 0 Å². The van der Waals surface area contributed by atoms with Crippen molar-refractivity contribution in [1.29, 1.82) is 0 Å². The highest BCUT2D eigenvalue weighted by molar-refractivity contribution is 9.10. The number of nitrogens with zero attached hydrogens (tertiary/aromatic N) is 3. The molecule has 2 aliphatic rings. The van der Waals surface area contributed by atoms with Crippen molar-refractivity contribution in [3.05, 3.63) is 16.9 Å². The standard InChI is InChI=1S/C14H22BrN3O/c15-11-8-16-18(9-11)13-4-1-3-12(7-13)17-6-2-5-14(17)10-19/h8-9,12-14,19H,1-7,10H2. The van der Waals surface area contributed by atoms with E-state index in [1.54, 1.807) is 0 Å². The summed E-state index contributed by atoms with van der Waals surface area (Å²) in [7, 11) is 0. The molecule has 4 nitrogen and oxygen atoms in total. The first-order valence-corrected chi connectivity index (χ1v) is 8.13. The zero-order valence-electron chi connectivity index (χ0n) is 11.2. The summed E-state index contributed by atoms with van der Waals surface area (Å²) < 4.78 is 3.17. The molecule has 3 atom stereocenters. The van der Waals surface area contributed by atoms with E-state index in [0.29, 0.717) is 24.7 Å². The summed E-state index contributed by atoms with van der Waals surface area (Å²) in [5, 5.41) is 13.9. The second-order valence-corrected chi connectivity index (χ2v) is 6.74. The van der Waals surface area contributed by atoms with Crippen molar-refractivity contribution in [3.8, 4) is 0 Å². The zero-order chi connectivity index (χ0) is 13.2. The smallest absolute Gasteiger partial charge is 0.0632 e. The first-order valence-electron chi connectivity index (χ1n) is 7.34. The third-order valence-corrected chi connectivity index (χ3v) is 5.07. The van der Waals surface area contributed by atoms with Gasteiger partial charge in [-0.15, -0.1) is 0 Å². The van der Waals surface area contributed by atoms with Crippen molar-refractivity contribution in [2.24, 2.45) is 0 Å². The molecule has 106 valence electrons. The molecule has 1 aromatic rings. The average Bonchev–Trinajstić information content (AvgIpc) is 3.07. The second-order valence-electron chi connectivity index (χ2n) is 5.83. The number of rotatable bonds is 3. The van der Waals surface area contributed by atoms with Crippen molar-refractivity contribution < 1.29 is 5.11 Å². The number of hydrogen-bond acceptors (Lipinski definition) is 3. The minimum atomic E-state index is 0.314. The molecular formula is C14H22BrN3O. The fourth-order valence-electron chi connectivity index (χ4n) is 3.73. The molecule has 1 saturated heterocycles. The van der Waals surface area contributed by atoms with Gasteiger partial charge in [0.15, 0.2) is 0 Å². The van der Waals surface area contributed by atoms with E-state index in [-0.39, 0.29) is 0 Å². The van der Waals surface area contributed by atoms with Crippen LogP contribution in [0.3, 0.4) is 0 Å². The lowest BCUT2D eigenvalue weighted by atomic mass is 9.89. The van der Waals surface area contributed by atoms with Crippen LogP contribution < -0.4 is 0 Å². The molecule has 2 fully saturated rings. The van der Waals surface area contributed by atoms with Crippen molar-refractivity contribution in [1.82, 2.24) is 14.7 Å². The van der Waals surface area contributed by atoms with E-state index in [1.807, 2.05) is 6.20 Å². The molecule has 3 unspecified atom stereocenters. The molecule has 19 heavy (non-hydrogen) atoms. The van der Waals surface area contributed by atoms with Gasteiger partial charge in [-0.05, 0) is 61.0 Å². The van der Waals surface area contributed by atoms with Gasteiger partial charge in [0.1, 0.15) is 0 Å². The minimum Gasteiger partial charge on any atom is -0.395 e. The summed E-state index contributed by atoms with van der Waals surface area (Å²) in [5.74, 6) is 0. The Morgan fingerprint density at radius 3 is 2.84 bits per heavy atom. The molecule has 1 aliphatic carbocycles. The number of hydrogen-bond donors (Lipinski definition) is 1. The summed E-state index contributed by atoms with van der Waals surface area (Å²) in [6, 6.07) is 1.54. The topological polar surface area (TPSA) is 41.3 Å². The van der Waals surface area contributed by atoms with E-state index in [4.69, 9.17) is 0 Å². The van der Waals surface area contributed by atoms with Gasteiger partial charge in [-0.25, -0.2) is 0 Å². The van der Waals surface area contributed by atoms with Gasteiger partial charge in [0.05, 0.1) is 23.3 Å². The zero-order valence-corrected chi connectivity index (χ0v) is 12.8. The van der Waals surface area contributed by atoms with Crippen LogP contribution in [0.1, 0.15) is 44.6 Å². The maximum Gasteiger partial charge on any atom is 0.0632 e. The molecule has 1 aliphatic heterocycles. The van der Waals surface area contributed by atoms with Crippen LogP contribution in [0, 0.1) is 0 Å². The van der Waals surface area contributed by atoms with Crippen LogP contribution >= 0.6 is 15.9 Å². The van der Waals surface area contributed by atoms with Crippen LogP contribution in [-0.2, 0) is 0 Å². The normalized spacial score (nSPS) is 32.8. The summed E-state index contributed by atoms with van der Waals surface area (Å²) in [5.41, 5.74) is 0. The Labute approximate surface area is 122 Å². The summed E-state index contributed by atoms with van der Waals surface area (Å²) in [6.07, 6.45) is 11.3. The van der Waals surface area contributed by atoms with Crippen LogP contribution in [-0.4, -0.2) is 45.0 Å². The highest BCUT2D eigenvalue weighted by atomic mass is 79.9. The van der Waals surface area contributed by atoms with E-state index < -0.39 is 0 Å². The first-order chi connectivity index (χ1) is 9.28. The van der Waals surface area contributed by atoms with E-state index in [1.165, 1.54) is 32.1 Å². The highest BCUT2D eigenvalue weighted by Crippen LogP contribution is 2.34. The van der Waals surface area contributed by atoms with Gasteiger partial charge >= 0.3 is 0 Å². The Morgan fingerprint density at radius 1 is 1.26 bits per heavy atom. The fraction of sp³-hybridized carbons (Fsp3) is 0.786. The van der Waals surface area contributed by atoms with E-state index in [2.05, 4.69) is 36.8 Å². The minimum absolute atomic E-state index is 0.314. The Balaban J connectivity index is 1.67. The summed E-state index contributed by atoms with van der Waals surface area (Å²) in [6.45, 7) is 1.47. The Bertz CT molecular complexity index is 423. The Hall–Kier alpha value is -0.390. The largest absolute Gasteiger partial charge is 0.395 e. The Kier molecular flexibility index (Phi) is 4.24. The van der Waals surface area contributed by atoms with E-state index in [0.717, 1.165) is 17.4 Å². The van der Waals surface area contributed by atoms with Gasteiger partial charge in [-0.3, -0.25) is 9.58 Å². The number of halogens is 1. The number of aromatic nitrogens is 2. The molecule has 1 N–H and O–H groups in total. The second kappa shape index (κ2) is 5.94. The SMILES string of the molecule is OCC1CCCN1C1CCCC(n2cc(Br)cn2)C1. The van der Waals surface area contributed by atoms with Crippen LogP contribution in [0.2, 0.25) is 0 Å². The molecule has 0 spiro atoms. The molecule has 0 bridgehead atoms. The fourth-order valence-corrected chi connectivity index (χ4v) is 4.03. The van der Waals surface area contributed by atoms with Gasteiger partial charge in [0, 0.05) is 18.3 Å². The molecule has 2 heterocycles.